The first-order valence-corrected chi connectivity index (χ1v) is 9.52. The fourth-order valence-corrected chi connectivity index (χ4v) is 4.12. The van der Waals surface area contributed by atoms with Crippen LogP contribution in [0.25, 0.3) is 0 Å². The number of amides is 3. The number of fused-ring (bicyclic) bond motifs is 1. The fourth-order valence-electron chi connectivity index (χ4n) is 4.12. The lowest BCUT2D eigenvalue weighted by Gasteiger charge is -2.50. The molecule has 2 atom stereocenters. The van der Waals surface area contributed by atoms with Gasteiger partial charge in [-0.3, -0.25) is 19.3 Å². The van der Waals surface area contributed by atoms with Crippen LogP contribution in [-0.4, -0.2) is 53.8 Å². The van der Waals surface area contributed by atoms with E-state index in [4.69, 9.17) is 9.47 Å². The monoisotopic (exact) mass is 406 g/mol. The van der Waals surface area contributed by atoms with E-state index in [0.717, 1.165) is 10.5 Å². The predicted octanol–water partition coefficient (Wildman–Crippen LogP) is 2.66. The van der Waals surface area contributed by atoms with Crippen LogP contribution in [0.15, 0.2) is 54.6 Å². The largest absolute Gasteiger partial charge is 0.497 e. The summed E-state index contributed by atoms with van der Waals surface area (Å²) < 4.78 is 10.7. The van der Waals surface area contributed by atoms with E-state index in [1.807, 2.05) is 6.07 Å². The van der Waals surface area contributed by atoms with Gasteiger partial charge in [0, 0.05) is 11.6 Å². The molecule has 2 aliphatic rings. The van der Waals surface area contributed by atoms with Gasteiger partial charge in [-0.15, -0.1) is 0 Å². The van der Waals surface area contributed by atoms with Gasteiger partial charge in [-0.25, -0.2) is 0 Å². The van der Waals surface area contributed by atoms with E-state index >= 15 is 0 Å². The topological polar surface area (TPSA) is 76.2 Å². The van der Waals surface area contributed by atoms with Gasteiger partial charge in [-0.2, -0.15) is 0 Å². The van der Waals surface area contributed by atoms with Crippen LogP contribution in [0, 0.1) is 0 Å². The number of imide groups is 1. The van der Waals surface area contributed by atoms with Gasteiger partial charge in [0.05, 0.1) is 37.9 Å². The minimum absolute atomic E-state index is 0.267. The van der Waals surface area contributed by atoms with Crippen LogP contribution < -0.4 is 9.47 Å². The zero-order valence-corrected chi connectivity index (χ0v) is 17.0. The molecule has 154 valence electrons. The van der Waals surface area contributed by atoms with Crippen molar-refractivity contribution in [2.45, 2.75) is 25.6 Å². The maximum absolute atomic E-state index is 13.1. The lowest BCUT2D eigenvalue weighted by molar-refractivity contribution is -0.154. The Balaban J connectivity index is 1.62. The van der Waals surface area contributed by atoms with Crippen molar-refractivity contribution in [1.29, 1.82) is 0 Å². The Bertz CT molecular complexity index is 1040. The summed E-state index contributed by atoms with van der Waals surface area (Å²) in [4.78, 5) is 41.5. The van der Waals surface area contributed by atoms with Gasteiger partial charge in [0.2, 0.25) is 5.91 Å². The van der Waals surface area contributed by atoms with Crippen LogP contribution in [-0.2, 0) is 11.3 Å². The van der Waals surface area contributed by atoms with Gasteiger partial charge in [-0.05, 0) is 31.2 Å². The fraction of sp³-hybridized carbons (Fsp3) is 0.261. The zero-order chi connectivity index (χ0) is 21.6. The van der Waals surface area contributed by atoms with Gasteiger partial charge in [-0.1, -0.05) is 24.3 Å². The number of benzene rings is 2. The van der Waals surface area contributed by atoms with Gasteiger partial charge in [0.25, 0.3) is 11.8 Å². The van der Waals surface area contributed by atoms with Gasteiger partial charge >= 0.3 is 0 Å². The molecule has 2 aliphatic heterocycles. The predicted molar refractivity (Wildman–Crippen MR) is 109 cm³/mol. The highest BCUT2D eigenvalue weighted by Gasteiger charge is 2.56. The summed E-state index contributed by atoms with van der Waals surface area (Å²) in [6.07, 6.45) is 0. The van der Waals surface area contributed by atoms with E-state index in [9.17, 15) is 14.4 Å². The summed E-state index contributed by atoms with van der Waals surface area (Å²) in [6.45, 7) is 6.06. The number of methoxy groups -OCH3 is 2. The number of nitrogens with zero attached hydrogens (tertiary/aromatic N) is 2. The summed E-state index contributed by atoms with van der Waals surface area (Å²) in [5.41, 5.74) is 2.14. The molecule has 2 heterocycles. The molecule has 7 nitrogen and oxygen atoms in total. The smallest absolute Gasteiger partial charge is 0.262 e. The first-order valence-electron chi connectivity index (χ1n) is 9.52. The minimum atomic E-state index is -0.890. The Morgan fingerprint density at radius 2 is 1.63 bits per heavy atom. The summed E-state index contributed by atoms with van der Waals surface area (Å²) in [6, 6.07) is 10.6. The van der Waals surface area contributed by atoms with Crippen LogP contribution in [0.2, 0.25) is 0 Å². The molecule has 3 amide bonds. The quantitative estimate of drug-likeness (QED) is 0.419. The van der Waals surface area contributed by atoms with E-state index in [1.54, 1.807) is 62.4 Å². The highest BCUT2D eigenvalue weighted by molar-refractivity contribution is 6.23. The number of likely N-dealkylation sites (tertiary alicyclic amines) is 1. The Kier molecular flexibility index (Phi) is 4.81. The second-order valence-corrected chi connectivity index (χ2v) is 7.41. The van der Waals surface area contributed by atoms with Crippen molar-refractivity contribution in [1.82, 2.24) is 9.80 Å². The third-order valence-corrected chi connectivity index (χ3v) is 5.61. The second kappa shape index (κ2) is 7.33. The standard InChI is InChI=1S/C23H22N2O5/c1-13(2)19-20(25-21(26)16-7-5-6-8-17(16)22(25)27)23(28)24(19)12-14-9-10-15(29-3)11-18(14)30-4/h5-11,19-20H,1,12H2,2-4H3/t19-,20+/m0/s1. The van der Waals surface area contributed by atoms with Crippen molar-refractivity contribution in [2.75, 3.05) is 14.2 Å². The Labute approximate surface area is 174 Å². The van der Waals surface area contributed by atoms with Gasteiger partial charge in [0.15, 0.2) is 0 Å². The van der Waals surface area contributed by atoms with Gasteiger partial charge in [0.1, 0.15) is 17.5 Å². The van der Waals surface area contributed by atoms with Crippen LogP contribution in [0.3, 0.4) is 0 Å². The average molecular weight is 406 g/mol. The first kappa shape index (κ1) is 19.7. The van der Waals surface area contributed by atoms with Crippen molar-refractivity contribution in [2.24, 2.45) is 0 Å². The molecule has 30 heavy (non-hydrogen) atoms. The molecule has 0 unspecified atom stereocenters. The third kappa shape index (κ3) is 2.85. The summed E-state index contributed by atoms with van der Waals surface area (Å²) in [5, 5.41) is 0. The van der Waals surface area contributed by atoms with Crippen molar-refractivity contribution >= 4 is 17.7 Å². The Hall–Kier alpha value is -3.61. The second-order valence-electron chi connectivity index (χ2n) is 7.41. The molecule has 1 fully saturated rings. The number of hydrogen-bond acceptors (Lipinski definition) is 5. The van der Waals surface area contributed by atoms with Crippen molar-refractivity contribution < 1.29 is 23.9 Å². The third-order valence-electron chi connectivity index (χ3n) is 5.61. The molecule has 0 aromatic heterocycles. The Morgan fingerprint density at radius 3 is 2.17 bits per heavy atom. The molecule has 0 radical (unpaired) electrons. The lowest BCUT2D eigenvalue weighted by atomic mass is 9.87. The van der Waals surface area contributed by atoms with Crippen molar-refractivity contribution in [3.05, 3.63) is 71.3 Å². The number of carbonyl (C=O) groups is 3. The Morgan fingerprint density at radius 1 is 1.00 bits per heavy atom. The molecular formula is C23H22N2O5. The maximum Gasteiger partial charge on any atom is 0.262 e. The SMILES string of the molecule is C=C(C)[C@H]1[C@@H](N2C(=O)c3ccccc3C2=O)C(=O)N1Cc1ccc(OC)cc1OC. The number of ether oxygens (including phenoxy) is 2. The van der Waals surface area contributed by atoms with Crippen molar-refractivity contribution in [3.63, 3.8) is 0 Å². The summed E-state index contributed by atoms with van der Waals surface area (Å²) in [7, 11) is 3.12. The molecule has 1 saturated heterocycles. The van der Waals surface area contributed by atoms with E-state index < -0.39 is 23.9 Å². The molecule has 4 rings (SSSR count). The normalized spacial score (nSPS) is 20.2. The lowest BCUT2D eigenvalue weighted by Crippen LogP contribution is -2.71. The highest BCUT2D eigenvalue weighted by Crippen LogP contribution is 2.37. The molecule has 0 aliphatic carbocycles. The molecule has 0 spiro atoms. The summed E-state index contributed by atoms with van der Waals surface area (Å²) in [5.74, 6) is 0.0526. The number of β-lactam (4-membered cyclic amide) rings is 1. The van der Waals surface area contributed by atoms with Gasteiger partial charge < -0.3 is 14.4 Å². The first-order chi connectivity index (χ1) is 14.4. The van der Waals surface area contributed by atoms with Crippen LogP contribution >= 0.6 is 0 Å². The number of rotatable bonds is 6. The molecule has 2 aromatic rings. The molecule has 0 bridgehead atoms. The zero-order valence-electron chi connectivity index (χ0n) is 17.0. The average Bonchev–Trinajstić information content (AvgIpc) is 3.00. The van der Waals surface area contributed by atoms with E-state index in [0.29, 0.717) is 28.2 Å². The molecule has 0 N–H and O–H groups in total. The van der Waals surface area contributed by atoms with Crippen molar-refractivity contribution in [3.8, 4) is 11.5 Å². The molecular weight excluding hydrogens is 384 g/mol. The highest BCUT2D eigenvalue weighted by atomic mass is 16.5. The molecule has 2 aromatic carbocycles. The number of hydrogen-bond donors (Lipinski definition) is 0. The van der Waals surface area contributed by atoms with Crippen LogP contribution in [0.1, 0.15) is 33.2 Å². The van der Waals surface area contributed by atoms with Crippen LogP contribution in [0.5, 0.6) is 11.5 Å². The maximum atomic E-state index is 13.1. The number of carbonyl (C=O) groups excluding carboxylic acids is 3. The van der Waals surface area contributed by atoms with E-state index in [-0.39, 0.29) is 12.5 Å². The van der Waals surface area contributed by atoms with E-state index in [1.165, 1.54) is 0 Å². The molecule has 7 heteroatoms. The minimum Gasteiger partial charge on any atom is -0.497 e. The van der Waals surface area contributed by atoms with E-state index in [2.05, 4.69) is 6.58 Å². The van der Waals surface area contributed by atoms with Crippen LogP contribution in [0.4, 0.5) is 0 Å². The summed E-state index contributed by atoms with van der Waals surface area (Å²) >= 11 is 0. The molecule has 0 saturated carbocycles.